The SMILES string of the molecule is COC(=O)c1cccc(C)c1NCCCCOc1cc(C)cc(C)c1. The molecule has 0 aromatic heterocycles. The fraction of sp³-hybridized carbons (Fsp3) is 0.381. The lowest BCUT2D eigenvalue weighted by molar-refractivity contribution is 0.0601. The van der Waals surface area contributed by atoms with Crippen LogP contribution in [0.1, 0.15) is 39.9 Å². The topological polar surface area (TPSA) is 47.6 Å². The molecule has 0 radical (unpaired) electrons. The Kier molecular flexibility index (Phi) is 6.87. The number of para-hydroxylation sites is 1. The summed E-state index contributed by atoms with van der Waals surface area (Å²) in [6, 6.07) is 11.9. The largest absolute Gasteiger partial charge is 0.494 e. The number of nitrogens with one attached hydrogen (secondary N) is 1. The molecule has 2 aromatic carbocycles. The first kappa shape index (κ1) is 18.8. The molecule has 4 heteroatoms. The average molecular weight is 341 g/mol. The molecule has 0 saturated carbocycles. The lowest BCUT2D eigenvalue weighted by Gasteiger charge is -2.14. The van der Waals surface area contributed by atoms with Crippen molar-refractivity contribution in [2.24, 2.45) is 0 Å². The van der Waals surface area contributed by atoms with E-state index in [4.69, 9.17) is 9.47 Å². The molecule has 2 rings (SSSR count). The van der Waals surface area contributed by atoms with Crippen LogP contribution in [0.2, 0.25) is 0 Å². The molecule has 0 aliphatic heterocycles. The van der Waals surface area contributed by atoms with Crippen LogP contribution in [0.25, 0.3) is 0 Å². The van der Waals surface area contributed by atoms with Gasteiger partial charge in [-0.3, -0.25) is 0 Å². The summed E-state index contributed by atoms with van der Waals surface area (Å²) in [4.78, 5) is 11.9. The second-order valence-corrected chi connectivity index (χ2v) is 6.29. The van der Waals surface area contributed by atoms with Crippen molar-refractivity contribution in [1.29, 1.82) is 0 Å². The number of methoxy groups -OCH3 is 1. The number of rotatable bonds is 8. The maximum absolute atomic E-state index is 11.9. The van der Waals surface area contributed by atoms with Gasteiger partial charge in [0.1, 0.15) is 5.75 Å². The van der Waals surface area contributed by atoms with Gasteiger partial charge in [-0.15, -0.1) is 0 Å². The Morgan fingerprint density at radius 1 is 1.04 bits per heavy atom. The van der Waals surface area contributed by atoms with Crippen molar-refractivity contribution in [1.82, 2.24) is 0 Å². The summed E-state index contributed by atoms with van der Waals surface area (Å²) in [6.07, 6.45) is 1.90. The number of carbonyl (C=O) groups excluding carboxylic acids is 1. The van der Waals surface area contributed by atoms with E-state index < -0.39 is 0 Å². The van der Waals surface area contributed by atoms with Crippen LogP contribution in [0.4, 0.5) is 5.69 Å². The van der Waals surface area contributed by atoms with Crippen LogP contribution in [0.15, 0.2) is 36.4 Å². The van der Waals surface area contributed by atoms with Gasteiger partial charge < -0.3 is 14.8 Å². The lowest BCUT2D eigenvalue weighted by atomic mass is 10.1. The number of ether oxygens (including phenoxy) is 2. The second-order valence-electron chi connectivity index (χ2n) is 6.29. The molecule has 0 heterocycles. The van der Waals surface area contributed by atoms with Gasteiger partial charge in [0.15, 0.2) is 0 Å². The third kappa shape index (κ3) is 5.52. The van der Waals surface area contributed by atoms with Crippen molar-refractivity contribution in [2.45, 2.75) is 33.6 Å². The molecular formula is C21H27NO3. The van der Waals surface area contributed by atoms with Crippen LogP contribution in [-0.2, 0) is 4.74 Å². The summed E-state index contributed by atoms with van der Waals surface area (Å²) in [5.74, 6) is 0.613. The van der Waals surface area contributed by atoms with Crippen LogP contribution in [0, 0.1) is 20.8 Å². The zero-order chi connectivity index (χ0) is 18.2. The first-order chi connectivity index (χ1) is 12.0. The highest BCUT2D eigenvalue weighted by molar-refractivity contribution is 5.96. The predicted molar refractivity (Wildman–Crippen MR) is 102 cm³/mol. The maximum Gasteiger partial charge on any atom is 0.339 e. The molecular weight excluding hydrogens is 314 g/mol. The summed E-state index contributed by atoms with van der Waals surface area (Å²) in [5.41, 5.74) is 4.89. The zero-order valence-corrected chi connectivity index (χ0v) is 15.5. The number of hydrogen-bond acceptors (Lipinski definition) is 4. The van der Waals surface area contributed by atoms with Gasteiger partial charge in [0.25, 0.3) is 0 Å². The van der Waals surface area contributed by atoms with Crippen LogP contribution >= 0.6 is 0 Å². The summed E-state index contributed by atoms with van der Waals surface area (Å²) >= 11 is 0. The first-order valence-electron chi connectivity index (χ1n) is 8.64. The van der Waals surface area contributed by atoms with E-state index in [0.29, 0.717) is 12.2 Å². The Balaban J connectivity index is 1.79. The second kappa shape index (κ2) is 9.11. The number of benzene rings is 2. The van der Waals surface area contributed by atoms with Gasteiger partial charge in [0.05, 0.1) is 25.0 Å². The van der Waals surface area contributed by atoms with Crippen molar-refractivity contribution in [3.8, 4) is 5.75 Å². The summed E-state index contributed by atoms with van der Waals surface area (Å²) in [6.45, 7) is 7.60. The van der Waals surface area contributed by atoms with Gasteiger partial charge >= 0.3 is 5.97 Å². The van der Waals surface area contributed by atoms with Crippen LogP contribution in [0.3, 0.4) is 0 Å². The van der Waals surface area contributed by atoms with Gasteiger partial charge in [0, 0.05) is 6.54 Å². The standard InChI is InChI=1S/C21H27NO3/c1-15-12-16(2)14-18(13-15)25-11-6-5-10-22-20-17(3)8-7-9-19(20)21(23)24-4/h7-9,12-14,22H,5-6,10-11H2,1-4H3. The highest BCUT2D eigenvalue weighted by atomic mass is 16.5. The van der Waals surface area contributed by atoms with Crippen molar-refractivity contribution >= 4 is 11.7 Å². The minimum Gasteiger partial charge on any atom is -0.494 e. The van der Waals surface area contributed by atoms with Gasteiger partial charge in [-0.25, -0.2) is 4.79 Å². The number of anilines is 1. The van der Waals surface area contributed by atoms with Gasteiger partial charge in [-0.1, -0.05) is 18.2 Å². The maximum atomic E-state index is 11.9. The van der Waals surface area contributed by atoms with E-state index in [1.54, 1.807) is 6.07 Å². The van der Waals surface area contributed by atoms with E-state index in [0.717, 1.165) is 36.4 Å². The Bertz CT molecular complexity index is 705. The molecule has 0 amide bonds. The van der Waals surface area contributed by atoms with E-state index in [1.807, 2.05) is 19.1 Å². The van der Waals surface area contributed by atoms with Gasteiger partial charge in [-0.05, 0) is 68.5 Å². The fourth-order valence-corrected chi connectivity index (χ4v) is 2.83. The Morgan fingerprint density at radius 2 is 1.76 bits per heavy atom. The number of carbonyl (C=O) groups is 1. The van der Waals surface area contributed by atoms with E-state index in [2.05, 4.69) is 37.4 Å². The van der Waals surface area contributed by atoms with E-state index in [9.17, 15) is 4.79 Å². The smallest absolute Gasteiger partial charge is 0.339 e. The molecule has 0 fully saturated rings. The van der Waals surface area contributed by atoms with Crippen LogP contribution in [-0.4, -0.2) is 26.2 Å². The molecule has 0 saturated heterocycles. The Morgan fingerprint density at radius 3 is 2.44 bits per heavy atom. The zero-order valence-electron chi connectivity index (χ0n) is 15.5. The van der Waals surface area contributed by atoms with Crippen molar-refractivity contribution in [2.75, 3.05) is 25.6 Å². The Hall–Kier alpha value is -2.49. The monoisotopic (exact) mass is 341 g/mol. The van der Waals surface area contributed by atoms with Crippen LogP contribution < -0.4 is 10.1 Å². The third-order valence-electron chi connectivity index (χ3n) is 4.01. The number of esters is 1. The van der Waals surface area contributed by atoms with Gasteiger partial charge in [0.2, 0.25) is 0 Å². The molecule has 0 atom stereocenters. The average Bonchev–Trinajstić information content (AvgIpc) is 2.57. The lowest BCUT2D eigenvalue weighted by Crippen LogP contribution is -2.11. The normalized spacial score (nSPS) is 10.4. The van der Waals surface area contributed by atoms with Crippen LogP contribution in [0.5, 0.6) is 5.75 Å². The molecule has 1 N–H and O–H groups in total. The summed E-state index contributed by atoms with van der Waals surface area (Å²) < 4.78 is 10.7. The minimum atomic E-state index is -0.315. The molecule has 0 spiro atoms. The molecule has 0 aliphatic carbocycles. The molecule has 0 bridgehead atoms. The third-order valence-corrected chi connectivity index (χ3v) is 4.01. The molecule has 0 unspecified atom stereocenters. The van der Waals surface area contributed by atoms with E-state index >= 15 is 0 Å². The minimum absolute atomic E-state index is 0.315. The molecule has 4 nitrogen and oxygen atoms in total. The first-order valence-corrected chi connectivity index (χ1v) is 8.64. The van der Waals surface area contributed by atoms with Crippen molar-refractivity contribution < 1.29 is 14.3 Å². The van der Waals surface area contributed by atoms with E-state index in [-0.39, 0.29) is 5.97 Å². The highest BCUT2D eigenvalue weighted by Crippen LogP contribution is 2.21. The number of hydrogen-bond donors (Lipinski definition) is 1. The number of aryl methyl sites for hydroxylation is 3. The molecule has 0 aliphatic rings. The van der Waals surface area contributed by atoms with Gasteiger partial charge in [-0.2, -0.15) is 0 Å². The van der Waals surface area contributed by atoms with E-state index in [1.165, 1.54) is 18.2 Å². The number of unbranched alkanes of at least 4 members (excludes halogenated alkanes) is 1. The molecule has 2 aromatic rings. The quantitative estimate of drug-likeness (QED) is 0.560. The molecule has 134 valence electrons. The summed E-state index contributed by atoms with van der Waals surface area (Å²) in [5, 5.41) is 3.36. The van der Waals surface area contributed by atoms with Crippen molar-refractivity contribution in [3.05, 3.63) is 58.7 Å². The fourth-order valence-electron chi connectivity index (χ4n) is 2.83. The highest BCUT2D eigenvalue weighted by Gasteiger charge is 2.12. The molecule has 25 heavy (non-hydrogen) atoms. The van der Waals surface area contributed by atoms with Crippen molar-refractivity contribution in [3.63, 3.8) is 0 Å². The Labute approximate surface area is 150 Å². The summed E-state index contributed by atoms with van der Waals surface area (Å²) in [7, 11) is 1.40. The predicted octanol–water partition coefficient (Wildman–Crippen LogP) is 4.67.